The number of hydrogen-bond donors (Lipinski definition) is 3. The maximum atomic E-state index is 13.6. The fourth-order valence-corrected chi connectivity index (χ4v) is 2.74. The van der Waals surface area contributed by atoms with Gasteiger partial charge in [-0.3, -0.25) is 19.9 Å². The zero-order chi connectivity index (χ0) is 22.2. The van der Waals surface area contributed by atoms with Crippen LogP contribution in [0, 0.1) is 12.7 Å². The first-order chi connectivity index (χ1) is 14.9. The molecule has 0 fully saturated rings. The lowest BCUT2D eigenvalue weighted by atomic mass is 10.1. The largest absolute Gasteiger partial charge is 0.326 e. The molecule has 0 bridgehead atoms. The van der Waals surface area contributed by atoms with Crippen molar-refractivity contribution in [3.63, 3.8) is 0 Å². The Hall–Kier alpha value is -4.07. The summed E-state index contributed by atoms with van der Waals surface area (Å²) in [6.45, 7) is 3.49. The number of carbonyl (C=O) groups is 2. The van der Waals surface area contributed by atoms with Gasteiger partial charge in [0, 0.05) is 36.3 Å². The molecular formula is C23H22FN5O2. The minimum absolute atomic E-state index is 0.154. The highest BCUT2D eigenvalue weighted by Gasteiger charge is 2.12. The lowest BCUT2D eigenvalue weighted by molar-refractivity contribution is -0.114. The predicted octanol–water partition coefficient (Wildman–Crippen LogP) is 3.89. The van der Waals surface area contributed by atoms with E-state index >= 15 is 0 Å². The number of anilines is 2. The average molecular weight is 419 g/mol. The third kappa shape index (κ3) is 6.46. The van der Waals surface area contributed by atoms with Gasteiger partial charge in [0.15, 0.2) is 0 Å². The van der Waals surface area contributed by atoms with Crippen LogP contribution in [-0.4, -0.2) is 22.8 Å². The summed E-state index contributed by atoms with van der Waals surface area (Å²) in [5, 5.41) is 8.35. The molecule has 2 amide bonds. The Bertz CT molecular complexity index is 1120. The molecule has 3 rings (SSSR count). The molecule has 3 aromatic rings. The van der Waals surface area contributed by atoms with Crippen LogP contribution in [0.5, 0.6) is 0 Å². The molecule has 1 heterocycles. The van der Waals surface area contributed by atoms with Gasteiger partial charge in [-0.1, -0.05) is 18.2 Å². The van der Waals surface area contributed by atoms with Crippen LogP contribution in [-0.2, 0) is 11.3 Å². The van der Waals surface area contributed by atoms with Crippen LogP contribution in [0.1, 0.15) is 28.4 Å². The lowest BCUT2D eigenvalue weighted by Crippen LogP contribution is -2.36. The number of aryl methyl sites for hydroxylation is 1. The zero-order valence-electron chi connectivity index (χ0n) is 17.1. The van der Waals surface area contributed by atoms with Gasteiger partial charge < -0.3 is 10.6 Å². The number of carbonyl (C=O) groups excluding carboxylic acids is 2. The molecule has 0 spiro atoms. The number of benzene rings is 2. The number of pyridine rings is 1. The topological polar surface area (TPSA) is 95.5 Å². The molecule has 0 unspecified atom stereocenters. The Labute approximate surface area is 179 Å². The number of halogens is 1. The van der Waals surface area contributed by atoms with Gasteiger partial charge in [0.2, 0.25) is 11.9 Å². The van der Waals surface area contributed by atoms with Crippen LogP contribution in [0.25, 0.3) is 0 Å². The molecule has 0 saturated heterocycles. The molecule has 0 atom stereocenters. The van der Waals surface area contributed by atoms with Crippen LogP contribution >= 0.6 is 0 Å². The van der Waals surface area contributed by atoms with Gasteiger partial charge in [0.05, 0.1) is 6.54 Å². The second-order valence-electron chi connectivity index (χ2n) is 6.83. The van der Waals surface area contributed by atoms with E-state index in [1.54, 1.807) is 48.8 Å². The predicted molar refractivity (Wildman–Crippen MR) is 118 cm³/mol. The number of aromatic nitrogens is 1. The minimum atomic E-state index is -0.430. The van der Waals surface area contributed by atoms with Gasteiger partial charge in [0.25, 0.3) is 5.91 Å². The van der Waals surface area contributed by atoms with Crippen LogP contribution in [0.3, 0.4) is 0 Å². The summed E-state index contributed by atoms with van der Waals surface area (Å²) < 4.78 is 13.6. The number of nitrogens with zero attached hydrogens (tertiary/aromatic N) is 2. The van der Waals surface area contributed by atoms with Crippen molar-refractivity contribution >= 4 is 29.1 Å². The summed E-state index contributed by atoms with van der Waals surface area (Å²) in [5.41, 5.74) is 3.00. The summed E-state index contributed by atoms with van der Waals surface area (Å²) in [5.74, 6) is -0.921. The molecule has 0 aliphatic carbocycles. The molecular weight excluding hydrogens is 397 g/mol. The summed E-state index contributed by atoms with van der Waals surface area (Å²) in [6.07, 6.45) is 3.33. The third-order valence-electron chi connectivity index (χ3n) is 4.27. The summed E-state index contributed by atoms with van der Waals surface area (Å²) in [4.78, 5) is 32.7. The van der Waals surface area contributed by atoms with Crippen molar-refractivity contribution in [3.8, 4) is 0 Å². The van der Waals surface area contributed by atoms with Crippen molar-refractivity contribution in [2.45, 2.75) is 20.4 Å². The molecule has 7 nitrogen and oxygen atoms in total. The van der Waals surface area contributed by atoms with E-state index in [2.05, 4.69) is 25.9 Å². The van der Waals surface area contributed by atoms with Gasteiger partial charge in [-0.15, -0.1) is 0 Å². The number of rotatable bonds is 5. The van der Waals surface area contributed by atoms with E-state index in [4.69, 9.17) is 0 Å². The molecule has 1 aromatic heterocycles. The Morgan fingerprint density at radius 3 is 2.61 bits per heavy atom. The fraction of sp³-hybridized carbons (Fsp3) is 0.130. The third-order valence-corrected chi connectivity index (χ3v) is 4.27. The van der Waals surface area contributed by atoms with Crippen molar-refractivity contribution in [2.24, 2.45) is 4.99 Å². The number of amides is 2. The van der Waals surface area contributed by atoms with E-state index < -0.39 is 11.7 Å². The second-order valence-corrected chi connectivity index (χ2v) is 6.83. The molecule has 0 aliphatic rings. The van der Waals surface area contributed by atoms with Crippen molar-refractivity contribution in [2.75, 3.05) is 10.6 Å². The van der Waals surface area contributed by atoms with E-state index in [0.29, 0.717) is 16.9 Å². The maximum Gasteiger partial charge on any atom is 0.258 e. The highest BCUT2D eigenvalue weighted by Crippen LogP contribution is 2.17. The van der Waals surface area contributed by atoms with Crippen LogP contribution in [0.15, 0.2) is 72.0 Å². The van der Waals surface area contributed by atoms with Crippen molar-refractivity contribution in [1.29, 1.82) is 0 Å². The first-order valence-corrected chi connectivity index (χ1v) is 9.56. The lowest BCUT2D eigenvalue weighted by Gasteiger charge is -2.13. The summed E-state index contributed by atoms with van der Waals surface area (Å²) in [6, 6.07) is 14.5. The molecule has 0 radical (unpaired) electrons. The second kappa shape index (κ2) is 10.1. The molecule has 3 N–H and O–H groups in total. The van der Waals surface area contributed by atoms with Crippen LogP contribution < -0.4 is 16.0 Å². The number of nitrogens with one attached hydrogen (secondary N) is 3. The van der Waals surface area contributed by atoms with Gasteiger partial charge in [0.1, 0.15) is 5.82 Å². The zero-order valence-corrected chi connectivity index (χ0v) is 17.1. The van der Waals surface area contributed by atoms with E-state index in [-0.39, 0.29) is 18.4 Å². The highest BCUT2D eigenvalue weighted by molar-refractivity contribution is 6.10. The first kappa shape index (κ1) is 21.6. The highest BCUT2D eigenvalue weighted by atomic mass is 19.1. The Kier molecular flexibility index (Phi) is 7.05. The first-order valence-electron chi connectivity index (χ1n) is 9.56. The number of guanidine groups is 1. The number of hydrogen-bond acceptors (Lipinski definition) is 4. The molecule has 0 saturated carbocycles. The van der Waals surface area contributed by atoms with Gasteiger partial charge >= 0.3 is 0 Å². The van der Waals surface area contributed by atoms with E-state index in [1.165, 1.54) is 19.1 Å². The molecule has 2 aromatic carbocycles. The van der Waals surface area contributed by atoms with Crippen molar-refractivity contribution in [3.05, 3.63) is 89.5 Å². The monoisotopic (exact) mass is 419 g/mol. The van der Waals surface area contributed by atoms with Gasteiger partial charge in [-0.25, -0.2) is 9.38 Å². The van der Waals surface area contributed by atoms with Crippen molar-refractivity contribution < 1.29 is 14.0 Å². The van der Waals surface area contributed by atoms with Crippen molar-refractivity contribution in [1.82, 2.24) is 10.3 Å². The SMILES string of the molecule is CC(=O)Nc1cc(C(=O)NC(=NCc2cccnc2)Nc2cccc(F)c2)ccc1C. The summed E-state index contributed by atoms with van der Waals surface area (Å²) in [7, 11) is 0. The number of aliphatic imine (C=N–C) groups is 1. The Morgan fingerprint density at radius 2 is 1.90 bits per heavy atom. The average Bonchev–Trinajstić information content (AvgIpc) is 2.74. The standard InChI is InChI=1S/C23H22FN5O2/c1-15-8-9-18(11-21(15)27-16(2)30)22(31)29-23(26-14-17-5-4-10-25-13-17)28-20-7-3-6-19(24)12-20/h3-13H,14H2,1-2H3,(H,27,30)(H2,26,28,29,31). The fourth-order valence-electron chi connectivity index (χ4n) is 2.74. The van der Waals surface area contributed by atoms with E-state index in [0.717, 1.165) is 11.1 Å². The summed E-state index contributed by atoms with van der Waals surface area (Å²) >= 11 is 0. The van der Waals surface area contributed by atoms with E-state index in [9.17, 15) is 14.0 Å². The van der Waals surface area contributed by atoms with Crippen LogP contribution in [0.4, 0.5) is 15.8 Å². The minimum Gasteiger partial charge on any atom is -0.326 e. The molecule has 8 heteroatoms. The Balaban J connectivity index is 1.83. The smallest absolute Gasteiger partial charge is 0.258 e. The van der Waals surface area contributed by atoms with Gasteiger partial charge in [-0.05, 0) is 54.4 Å². The normalized spacial score (nSPS) is 11.0. The van der Waals surface area contributed by atoms with E-state index in [1.807, 2.05) is 13.0 Å². The molecule has 31 heavy (non-hydrogen) atoms. The van der Waals surface area contributed by atoms with Crippen LogP contribution in [0.2, 0.25) is 0 Å². The molecule has 158 valence electrons. The van der Waals surface area contributed by atoms with Gasteiger partial charge in [-0.2, -0.15) is 0 Å². The molecule has 0 aliphatic heterocycles. The maximum absolute atomic E-state index is 13.6. The Morgan fingerprint density at radius 1 is 1.06 bits per heavy atom. The quantitative estimate of drug-likeness (QED) is 0.432.